The third kappa shape index (κ3) is 10.7. The quantitative estimate of drug-likeness (QED) is 0.460. The van der Waals surface area contributed by atoms with E-state index in [0.717, 1.165) is 19.3 Å². The lowest BCUT2D eigenvalue weighted by molar-refractivity contribution is -0.133. The van der Waals surface area contributed by atoms with Gasteiger partial charge in [0.05, 0.1) is 6.54 Å². The molecule has 172 valence electrons. The highest BCUT2D eigenvalue weighted by atomic mass is 16.5. The van der Waals surface area contributed by atoms with Gasteiger partial charge in [-0.2, -0.15) is 0 Å². The summed E-state index contributed by atoms with van der Waals surface area (Å²) in [6.45, 7) is 11.1. The molecule has 0 spiro atoms. The topological polar surface area (TPSA) is 93.9 Å². The predicted molar refractivity (Wildman–Crippen MR) is 115 cm³/mol. The number of hydrogen-bond acceptors (Lipinski definition) is 6. The van der Waals surface area contributed by atoms with E-state index in [-0.39, 0.29) is 35.4 Å². The molecule has 0 aromatic carbocycles. The summed E-state index contributed by atoms with van der Waals surface area (Å²) < 4.78 is 15.5. The fourth-order valence-corrected chi connectivity index (χ4v) is 3.40. The van der Waals surface area contributed by atoms with Gasteiger partial charge in [0.1, 0.15) is 6.26 Å². The fraction of sp³-hybridized carbons (Fsp3) is 0.773. The van der Waals surface area contributed by atoms with E-state index in [1.807, 2.05) is 0 Å². The molecule has 0 fully saturated rings. The molecule has 1 heterocycles. The van der Waals surface area contributed by atoms with Gasteiger partial charge in [0.25, 0.3) is 5.91 Å². The zero-order valence-corrected chi connectivity index (χ0v) is 19.5. The molecule has 2 amide bonds. The molecule has 1 N–H and O–H groups in total. The number of amides is 2. The SMILES string of the molecule is COCCCNC(=O)c1coc(CN(CCCOC)C(=O)CC(C)CC(C)(C)C)n1. The van der Waals surface area contributed by atoms with Crippen LogP contribution in [0.15, 0.2) is 10.7 Å². The first-order chi connectivity index (χ1) is 14.2. The Bertz CT molecular complexity index is 639. The second-order valence-corrected chi connectivity index (χ2v) is 8.96. The van der Waals surface area contributed by atoms with Crippen molar-refractivity contribution in [3.8, 4) is 0 Å². The number of hydrogen-bond donors (Lipinski definition) is 1. The summed E-state index contributed by atoms with van der Waals surface area (Å²) in [4.78, 5) is 31.1. The van der Waals surface area contributed by atoms with Crippen LogP contribution >= 0.6 is 0 Å². The molecule has 8 heteroatoms. The van der Waals surface area contributed by atoms with Crippen molar-refractivity contribution in [1.29, 1.82) is 0 Å². The maximum Gasteiger partial charge on any atom is 0.273 e. The zero-order valence-electron chi connectivity index (χ0n) is 19.5. The predicted octanol–water partition coefficient (Wildman–Crippen LogP) is 3.27. The Morgan fingerprint density at radius 1 is 1.20 bits per heavy atom. The Morgan fingerprint density at radius 3 is 2.50 bits per heavy atom. The van der Waals surface area contributed by atoms with E-state index >= 15 is 0 Å². The van der Waals surface area contributed by atoms with Crippen molar-refractivity contribution in [1.82, 2.24) is 15.2 Å². The normalized spacial score (nSPS) is 12.6. The van der Waals surface area contributed by atoms with Gasteiger partial charge in [-0.25, -0.2) is 4.98 Å². The summed E-state index contributed by atoms with van der Waals surface area (Å²) in [6, 6.07) is 0. The number of nitrogens with one attached hydrogen (secondary N) is 1. The van der Waals surface area contributed by atoms with Crippen LogP contribution in [0.3, 0.4) is 0 Å². The number of oxazole rings is 1. The minimum Gasteiger partial charge on any atom is -0.446 e. The number of rotatable bonds is 14. The maximum absolute atomic E-state index is 12.9. The van der Waals surface area contributed by atoms with Crippen LogP contribution in [0.25, 0.3) is 0 Å². The number of carbonyl (C=O) groups excluding carboxylic acids is 2. The molecule has 1 atom stereocenters. The third-order valence-corrected chi connectivity index (χ3v) is 4.53. The van der Waals surface area contributed by atoms with E-state index in [0.29, 0.717) is 38.6 Å². The minimum atomic E-state index is -0.294. The van der Waals surface area contributed by atoms with Gasteiger partial charge in [-0.05, 0) is 30.6 Å². The van der Waals surface area contributed by atoms with Gasteiger partial charge in [0, 0.05) is 46.9 Å². The van der Waals surface area contributed by atoms with Gasteiger partial charge in [0.15, 0.2) is 5.69 Å². The molecule has 0 aliphatic rings. The van der Waals surface area contributed by atoms with Gasteiger partial charge in [-0.3, -0.25) is 9.59 Å². The first-order valence-electron chi connectivity index (χ1n) is 10.6. The molecule has 8 nitrogen and oxygen atoms in total. The van der Waals surface area contributed by atoms with Crippen molar-refractivity contribution >= 4 is 11.8 Å². The number of aromatic nitrogens is 1. The molecule has 1 unspecified atom stereocenters. The largest absolute Gasteiger partial charge is 0.446 e. The Morgan fingerprint density at radius 2 is 1.87 bits per heavy atom. The summed E-state index contributed by atoms with van der Waals surface area (Å²) in [5.74, 6) is 0.399. The van der Waals surface area contributed by atoms with Crippen LogP contribution in [-0.2, 0) is 20.8 Å². The molecule has 0 saturated heterocycles. The van der Waals surface area contributed by atoms with Crippen LogP contribution in [0.5, 0.6) is 0 Å². The monoisotopic (exact) mass is 425 g/mol. The Hall–Kier alpha value is -1.93. The molecule has 0 bridgehead atoms. The van der Waals surface area contributed by atoms with Crippen LogP contribution in [0.4, 0.5) is 0 Å². The number of carbonyl (C=O) groups is 2. The fourth-order valence-electron chi connectivity index (χ4n) is 3.40. The average Bonchev–Trinajstić information content (AvgIpc) is 3.11. The number of nitrogens with zero attached hydrogens (tertiary/aromatic N) is 2. The Kier molecular flexibility index (Phi) is 11.7. The first-order valence-corrected chi connectivity index (χ1v) is 10.6. The summed E-state index contributed by atoms with van der Waals surface area (Å²) in [5, 5.41) is 2.77. The molecule has 0 aliphatic heterocycles. The lowest BCUT2D eigenvalue weighted by Gasteiger charge is -2.26. The van der Waals surface area contributed by atoms with Crippen LogP contribution in [0.2, 0.25) is 0 Å². The van der Waals surface area contributed by atoms with Crippen LogP contribution in [0, 0.1) is 11.3 Å². The minimum absolute atomic E-state index is 0.0617. The molecule has 1 aromatic heterocycles. The maximum atomic E-state index is 12.9. The van der Waals surface area contributed by atoms with Crippen LogP contribution < -0.4 is 5.32 Å². The lowest BCUT2D eigenvalue weighted by Crippen LogP contribution is -2.33. The molecular formula is C22H39N3O5. The van der Waals surface area contributed by atoms with E-state index in [2.05, 4.69) is 38.0 Å². The lowest BCUT2D eigenvalue weighted by atomic mass is 9.84. The standard InChI is InChI=1S/C22H39N3O5/c1-17(14-22(2,3)4)13-20(26)25(10-8-12-29-6)15-19-24-18(16-30-19)21(27)23-9-7-11-28-5/h16-17H,7-15H2,1-6H3,(H,23,27). The molecule has 1 aromatic rings. The van der Waals surface area contributed by atoms with E-state index in [9.17, 15) is 9.59 Å². The highest BCUT2D eigenvalue weighted by Crippen LogP contribution is 2.26. The second-order valence-electron chi connectivity index (χ2n) is 8.96. The molecular weight excluding hydrogens is 386 g/mol. The van der Waals surface area contributed by atoms with E-state index in [4.69, 9.17) is 13.9 Å². The zero-order chi connectivity index (χ0) is 22.6. The van der Waals surface area contributed by atoms with Crippen molar-refractivity contribution < 1.29 is 23.5 Å². The highest BCUT2D eigenvalue weighted by Gasteiger charge is 2.23. The van der Waals surface area contributed by atoms with Gasteiger partial charge in [-0.15, -0.1) is 0 Å². The molecule has 0 aliphatic carbocycles. The molecule has 1 rings (SSSR count). The molecule has 0 radical (unpaired) electrons. The summed E-state index contributed by atoms with van der Waals surface area (Å²) in [7, 11) is 3.26. The highest BCUT2D eigenvalue weighted by molar-refractivity contribution is 5.91. The summed E-state index contributed by atoms with van der Waals surface area (Å²) in [5.41, 5.74) is 0.391. The second kappa shape index (κ2) is 13.4. The third-order valence-electron chi connectivity index (χ3n) is 4.53. The summed E-state index contributed by atoms with van der Waals surface area (Å²) >= 11 is 0. The van der Waals surface area contributed by atoms with E-state index in [1.54, 1.807) is 19.1 Å². The van der Waals surface area contributed by atoms with Crippen molar-refractivity contribution in [2.24, 2.45) is 11.3 Å². The Balaban J connectivity index is 2.69. The van der Waals surface area contributed by atoms with Gasteiger partial charge in [-0.1, -0.05) is 27.7 Å². The van der Waals surface area contributed by atoms with Gasteiger partial charge >= 0.3 is 0 Å². The van der Waals surface area contributed by atoms with Gasteiger partial charge < -0.3 is 24.1 Å². The molecule has 30 heavy (non-hydrogen) atoms. The number of methoxy groups -OCH3 is 2. The van der Waals surface area contributed by atoms with E-state index < -0.39 is 0 Å². The van der Waals surface area contributed by atoms with Crippen molar-refractivity contribution in [2.45, 2.75) is 59.9 Å². The molecule has 0 saturated carbocycles. The number of ether oxygens (including phenoxy) is 2. The summed E-state index contributed by atoms with van der Waals surface area (Å²) in [6.07, 6.45) is 4.22. The van der Waals surface area contributed by atoms with Crippen LogP contribution in [0.1, 0.15) is 69.8 Å². The smallest absolute Gasteiger partial charge is 0.273 e. The van der Waals surface area contributed by atoms with E-state index in [1.165, 1.54) is 6.26 Å². The Labute approximate surface area is 180 Å². The van der Waals surface area contributed by atoms with Gasteiger partial charge in [0.2, 0.25) is 11.8 Å². The van der Waals surface area contributed by atoms with Crippen molar-refractivity contribution in [3.63, 3.8) is 0 Å². The van der Waals surface area contributed by atoms with Crippen molar-refractivity contribution in [3.05, 3.63) is 17.8 Å². The van der Waals surface area contributed by atoms with Crippen LogP contribution in [-0.4, -0.2) is 62.2 Å². The first kappa shape index (κ1) is 26.1. The average molecular weight is 426 g/mol. The van der Waals surface area contributed by atoms with Crippen molar-refractivity contribution in [2.75, 3.05) is 40.5 Å².